The van der Waals surface area contributed by atoms with Crippen molar-refractivity contribution in [3.63, 3.8) is 0 Å². The van der Waals surface area contributed by atoms with Crippen molar-refractivity contribution in [2.45, 2.75) is 27.2 Å². The molecule has 0 aliphatic rings. The fourth-order valence-electron chi connectivity index (χ4n) is 1.64. The van der Waals surface area contributed by atoms with Crippen molar-refractivity contribution in [1.82, 2.24) is 19.7 Å². The number of nitrogens with zero attached hydrogens (tertiary/aromatic N) is 4. The highest BCUT2D eigenvalue weighted by Crippen LogP contribution is 2.17. The fraction of sp³-hybridized carbons (Fsp3) is 0.417. The third kappa shape index (κ3) is 2.82. The molecule has 0 aromatic carbocycles. The molecule has 2 rings (SSSR count). The van der Waals surface area contributed by atoms with Gasteiger partial charge in [-0.15, -0.1) is 0 Å². The number of rotatable bonds is 3. The summed E-state index contributed by atoms with van der Waals surface area (Å²) in [5.41, 5.74) is 1.88. The highest BCUT2D eigenvalue weighted by Gasteiger charge is 2.10. The largest absolute Gasteiger partial charge is 0.242 e. The molecule has 90 valence electrons. The van der Waals surface area contributed by atoms with E-state index in [1.807, 2.05) is 19.1 Å². The van der Waals surface area contributed by atoms with Gasteiger partial charge < -0.3 is 0 Å². The molecule has 0 fully saturated rings. The third-order valence-corrected chi connectivity index (χ3v) is 2.61. The van der Waals surface area contributed by atoms with Gasteiger partial charge in [0, 0.05) is 11.8 Å². The number of halogens is 1. The first kappa shape index (κ1) is 12.0. The van der Waals surface area contributed by atoms with Gasteiger partial charge >= 0.3 is 0 Å². The van der Waals surface area contributed by atoms with Crippen molar-refractivity contribution in [1.29, 1.82) is 0 Å². The monoisotopic (exact) mass is 250 g/mol. The van der Waals surface area contributed by atoms with Crippen LogP contribution in [0.5, 0.6) is 0 Å². The Labute approximate surface area is 106 Å². The first-order valence-electron chi connectivity index (χ1n) is 5.59. The zero-order valence-electron chi connectivity index (χ0n) is 10.2. The maximum absolute atomic E-state index is 6.16. The van der Waals surface area contributed by atoms with Crippen molar-refractivity contribution >= 4 is 11.6 Å². The van der Waals surface area contributed by atoms with Crippen LogP contribution in [0.3, 0.4) is 0 Å². The van der Waals surface area contributed by atoms with Crippen LogP contribution >= 0.6 is 11.6 Å². The molecule has 17 heavy (non-hydrogen) atoms. The Bertz CT molecular complexity index is 519. The lowest BCUT2D eigenvalue weighted by Crippen LogP contribution is -2.02. The topological polar surface area (TPSA) is 43.6 Å². The van der Waals surface area contributed by atoms with E-state index in [1.54, 1.807) is 4.68 Å². The van der Waals surface area contributed by atoms with E-state index in [2.05, 4.69) is 28.9 Å². The molecule has 0 atom stereocenters. The minimum absolute atomic E-state index is 0.557. The Morgan fingerprint density at radius 2 is 2.06 bits per heavy atom. The van der Waals surface area contributed by atoms with Crippen LogP contribution in [0, 0.1) is 12.8 Å². The molecular weight excluding hydrogens is 236 g/mol. The minimum Gasteiger partial charge on any atom is -0.242 e. The van der Waals surface area contributed by atoms with Gasteiger partial charge in [-0.1, -0.05) is 25.4 Å². The summed E-state index contributed by atoms with van der Waals surface area (Å²) in [7, 11) is 0. The predicted octanol–water partition coefficient (Wildman–Crippen LogP) is 2.82. The lowest BCUT2D eigenvalue weighted by molar-refractivity contribution is 0.627. The minimum atomic E-state index is 0.557. The lowest BCUT2D eigenvalue weighted by atomic mass is 10.1. The predicted molar refractivity (Wildman–Crippen MR) is 67.4 cm³/mol. The number of hydrogen-bond donors (Lipinski definition) is 0. The van der Waals surface area contributed by atoms with E-state index in [0.717, 1.165) is 17.8 Å². The Kier molecular flexibility index (Phi) is 3.43. The molecule has 0 spiro atoms. The quantitative estimate of drug-likeness (QED) is 0.841. The van der Waals surface area contributed by atoms with Crippen molar-refractivity contribution in [2.75, 3.05) is 0 Å². The van der Waals surface area contributed by atoms with Crippen LogP contribution in [-0.2, 0) is 6.42 Å². The van der Waals surface area contributed by atoms with Gasteiger partial charge in [0.2, 0.25) is 0 Å². The van der Waals surface area contributed by atoms with Crippen molar-refractivity contribution in [2.24, 2.45) is 5.92 Å². The summed E-state index contributed by atoms with van der Waals surface area (Å²) in [5.74, 6) is 1.26. The molecule has 2 aromatic rings. The van der Waals surface area contributed by atoms with Gasteiger partial charge in [0.05, 0.1) is 5.69 Å². The van der Waals surface area contributed by atoms with E-state index >= 15 is 0 Å². The molecule has 4 nitrogen and oxygen atoms in total. The van der Waals surface area contributed by atoms with E-state index < -0.39 is 0 Å². The molecule has 5 heteroatoms. The molecule has 0 aliphatic heterocycles. The van der Waals surface area contributed by atoms with Crippen LogP contribution in [0.15, 0.2) is 18.5 Å². The highest BCUT2D eigenvalue weighted by molar-refractivity contribution is 6.29. The molecule has 0 saturated heterocycles. The first-order chi connectivity index (χ1) is 8.06. The average Bonchev–Trinajstić information content (AvgIpc) is 2.58. The summed E-state index contributed by atoms with van der Waals surface area (Å²) in [6.45, 7) is 6.22. The average molecular weight is 251 g/mol. The van der Waals surface area contributed by atoms with Crippen LogP contribution < -0.4 is 0 Å². The number of aromatic nitrogens is 4. The first-order valence-corrected chi connectivity index (χ1v) is 5.97. The zero-order chi connectivity index (χ0) is 12.4. The van der Waals surface area contributed by atoms with Gasteiger partial charge in [-0.25, -0.2) is 14.6 Å². The molecule has 0 amide bonds. The standard InChI is InChI=1S/C12H15ClN4/c1-8(2)4-10-6-11(13)17(16-10)12-5-9(3)14-7-15-12/h5-8H,4H2,1-3H3. The Balaban J connectivity index is 2.36. The van der Waals surface area contributed by atoms with Crippen molar-refractivity contribution < 1.29 is 0 Å². The van der Waals surface area contributed by atoms with Gasteiger partial charge in [-0.05, 0) is 25.3 Å². The maximum Gasteiger partial charge on any atom is 0.158 e. The van der Waals surface area contributed by atoms with E-state index in [1.165, 1.54) is 6.33 Å². The fourth-order valence-corrected chi connectivity index (χ4v) is 1.89. The maximum atomic E-state index is 6.16. The second-order valence-corrected chi connectivity index (χ2v) is 4.87. The van der Waals surface area contributed by atoms with E-state index in [-0.39, 0.29) is 0 Å². The molecule has 2 aromatic heterocycles. The van der Waals surface area contributed by atoms with Gasteiger partial charge in [0.25, 0.3) is 0 Å². The molecule has 0 saturated carbocycles. The van der Waals surface area contributed by atoms with Gasteiger partial charge in [-0.2, -0.15) is 5.10 Å². The van der Waals surface area contributed by atoms with Crippen molar-refractivity contribution in [3.05, 3.63) is 35.0 Å². The smallest absolute Gasteiger partial charge is 0.158 e. The van der Waals surface area contributed by atoms with Crippen LogP contribution in [0.4, 0.5) is 0 Å². The van der Waals surface area contributed by atoms with Gasteiger partial charge in [-0.3, -0.25) is 0 Å². The van der Waals surface area contributed by atoms with Crippen molar-refractivity contribution in [3.8, 4) is 5.82 Å². The molecule has 0 aliphatic carbocycles. The number of hydrogen-bond acceptors (Lipinski definition) is 3. The normalized spacial score (nSPS) is 11.1. The summed E-state index contributed by atoms with van der Waals surface area (Å²) >= 11 is 6.16. The second kappa shape index (κ2) is 4.84. The molecule has 2 heterocycles. The Morgan fingerprint density at radius 3 is 2.71 bits per heavy atom. The van der Waals surface area contributed by atoms with E-state index in [4.69, 9.17) is 11.6 Å². The Hall–Kier alpha value is -1.42. The van der Waals surface area contributed by atoms with E-state index in [9.17, 15) is 0 Å². The van der Waals surface area contributed by atoms with Crippen LogP contribution in [0.2, 0.25) is 5.15 Å². The number of aryl methyl sites for hydroxylation is 1. The van der Waals surface area contributed by atoms with Crippen LogP contribution in [0.25, 0.3) is 5.82 Å². The SMILES string of the molecule is Cc1cc(-n2nc(CC(C)C)cc2Cl)ncn1. The highest BCUT2D eigenvalue weighted by atomic mass is 35.5. The summed E-state index contributed by atoms with van der Waals surface area (Å²) in [4.78, 5) is 8.22. The van der Waals surface area contributed by atoms with Crippen LogP contribution in [-0.4, -0.2) is 19.7 Å². The van der Waals surface area contributed by atoms with Gasteiger partial charge in [0.1, 0.15) is 11.5 Å². The second-order valence-electron chi connectivity index (χ2n) is 4.49. The van der Waals surface area contributed by atoms with Gasteiger partial charge in [0.15, 0.2) is 5.82 Å². The zero-order valence-corrected chi connectivity index (χ0v) is 10.9. The molecule has 0 radical (unpaired) electrons. The molecule has 0 N–H and O–H groups in total. The molecule has 0 unspecified atom stereocenters. The lowest BCUT2D eigenvalue weighted by Gasteiger charge is -2.02. The third-order valence-electron chi connectivity index (χ3n) is 2.34. The summed E-state index contributed by atoms with van der Waals surface area (Å²) < 4.78 is 1.65. The summed E-state index contributed by atoms with van der Waals surface area (Å²) in [6.07, 6.45) is 2.43. The Morgan fingerprint density at radius 1 is 1.29 bits per heavy atom. The molecule has 0 bridgehead atoms. The summed E-state index contributed by atoms with van der Waals surface area (Å²) in [5, 5.41) is 5.04. The van der Waals surface area contributed by atoms with E-state index in [0.29, 0.717) is 16.9 Å². The van der Waals surface area contributed by atoms with Crippen LogP contribution in [0.1, 0.15) is 25.2 Å². The summed E-state index contributed by atoms with van der Waals surface area (Å²) in [6, 6.07) is 3.75. The molecular formula is C12H15ClN4.